The van der Waals surface area contributed by atoms with E-state index >= 15 is 0 Å². The van der Waals surface area contributed by atoms with Crippen LogP contribution in [0, 0.1) is 0 Å². The van der Waals surface area contributed by atoms with E-state index in [-0.39, 0.29) is 0 Å². The van der Waals surface area contributed by atoms with E-state index in [4.69, 9.17) is 0 Å². The molecule has 0 radical (unpaired) electrons. The van der Waals surface area contributed by atoms with Gasteiger partial charge in [-0.15, -0.1) is 0 Å². The van der Waals surface area contributed by atoms with Gasteiger partial charge in [0.2, 0.25) is 0 Å². The summed E-state index contributed by atoms with van der Waals surface area (Å²) in [7, 11) is -1.96. The summed E-state index contributed by atoms with van der Waals surface area (Å²) in [6.07, 6.45) is 2.27. The molecule has 0 aliphatic rings. The minimum absolute atomic E-state index is 0.490. The number of halogens is 3. The number of alkyl halides is 1. The number of hydrogen-bond acceptors (Lipinski definition) is 1. The molecule has 132 valence electrons. The first-order valence-electron chi connectivity index (χ1n) is 8.18. The second-order valence-corrected chi connectivity index (χ2v) is 27.3. The van der Waals surface area contributed by atoms with Crippen molar-refractivity contribution in [1.82, 2.24) is 5.32 Å². The van der Waals surface area contributed by atoms with Crippen LogP contribution < -0.4 is 9.78 Å². The van der Waals surface area contributed by atoms with Crippen LogP contribution in [0.2, 0.25) is 5.32 Å². The molecule has 0 heterocycles. The van der Waals surface area contributed by atoms with Gasteiger partial charge >= 0.3 is 172 Å². The molecule has 5 heteroatoms. The molecular weight excluding hydrogens is 561 g/mol. The third-order valence-electron chi connectivity index (χ3n) is 3.95. The standard InChI is InChI=1S/C19H24Br3NSe/c1-2-18(23-14-16-9-5-3-6-10-16)13-17(20)15-24(21,22)19-11-7-4-8-12-19/h3-12,17-18,23H,2,13-15H2,1H3. The molecule has 2 atom stereocenters. The molecule has 0 fully saturated rings. The van der Waals surface area contributed by atoms with Gasteiger partial charge in [0.1, 0.15) is 0 Å². The molecular formula is C19H24Br3NSe. The summed E-state index contributed by atoms with van der Waals surface area (Å²) in [6, 6.07) is 21.9. The van der Waals surface area contributed by atoms with Gasteiger partial charge in [-0.1, -0.05) is 0 Å². The Kier molecular flexibility index (Phi) is 9.04. The van der Waals surface area contributed by atoms with Crippen LogP contribution in [0.4, 0.5) is 0 Å². The fourth-order valence-corrected chi connectivity index (χ4v) is 17.1. The molecule has 24 heavy (non-hydrogen) atoms. The van der Waals surface area contributed by atoms with Crippen LogP contribution in [0.5, 0.6) is 0 Å². The Hall–Kier alpha value is 0.359. The van der Waals surface area contributed by atoms with Crippen molar-refractivity contribution in [1.29, 1.82) is 0 Å². The van der Waals surface area contributed by atoms with Gasteiger partial charge in [-0.2, -0.15) is 0 Å². The van der Waals surface area contributed by atoms with E-state index in [0.717, 1.165) is 24.7 Å². The summed E-state index contributed by atoms with van der Waals surface area (Å²) in [5.41, 5.74) is 1.34. The average molecular weight is 585 g/mol. The molecule has 0 saturated heterocycles. The maximum absolute atomic E-state index is 4.00. The third kappa shape index (κ3) is 6.93. The second kappa shape index (κ2) is 10.5. The van der Waals surface area contributed by atoms with Gasteiger partial charge in [0.05, 0.1) is 0 Å². The Morgan fingerprint density at radius 2 is 1.54 bits per heavy atom. The predicted octanol–water partition coefficient (Wildman–Crippen LogP) is 5.85. The van der Waals surface area contributed by atoms with Crippen molar-refractivity contribution in [2.24, 2.45) is 0 Å². The van der Waals surface area contributed by atoms with Crippen molar-refractivity contribution in [3.63, 3.8) is 0 Å². The molecule has 2 unspecified atom stereocenters. The maximum atomic E-state index is 4.00. The van der Waals surface area contributed by atoms with Gasteiger partial charge in [0.25, 0.3) is 0 Å². The summed E-state index contributed by atoms with van der Waals surface area (Å²) in [5.74, 6) is 0. The molecule has 0 amide bonds. The second-order valence-electron chi connectivity index (χ2n) is 5.86. The SMILES string of the molecule is CCC(CC(Br)C[Se](Br)(Br)c1ccccc1)NCc1ccccc1. The van der Waals surface area contributed by atoms with Gasteiger partial charge in [0.15, 0.2) is 0 Å². The zero-order chi connectivity index (χ0) is 17.4. The van der Waals surface area contributed by atoms with Crippen molar-refractivity contribution in [2.45, 2.75) is 42.5 Å². The summed E-state index contributed by atoms with van der Waals surface area (Å²) in [4.78, 5) is 0.490. The van der Waals surface area contributed by atoms with Crippen molar-refractivity contribution >= 4 is 57.8 Å². The van der Waals surface area contributed by atoms with E-state index in [1.54, 1.807) is 0 Å². The Bertz CT molecular complexity index is 592. The van der Waals surface area contributed by atoms with Gasteiger partial charge < -0.3 is 0 Å². The normalized spacial score (nSPS) is 15.0. The van der Waals surface area contributed by atoms with Crippen LogP contribution in [0.1, 0.15) is 25.3 Å². The summed E-state index contributed by atoms with van der Waals surface area (Å²) in [6.45, 7) is 3.19. The first kappa shape index (κ1) is 20.7. The predicted molar refractivity (Wildman–Crippen MR) is 119 cm³/mol. The van der Waals surface area contributed by atoms with E-state index in [0.29, 0.717) is 10.9 Å². The summed E-state index contributed by atoms with van der Waals surface area (Å²) in [5, 5.41) is 4.83. The van der Waals surface area contributed by atoms with E-state index in [9.17, 15) is 0 Å². The molecule has 0 bridgehead atoms. The first-order valence-corrected chi connectivity index (χ1v) is 19.2. The van der Waals surface area contributed by atoms with Gasteiger partial charge in [-0.25, -0.2) is 0 Å². The Morgan fingerprint density at radius 1 is 0.958 bits per heavy atom. The zero-order valence-corrected chi connectivity index (χ0v) is 20.3. The number of benzene rings is 2. The van der Waals surface area contributed by atoms with Crippen molar-refractivity contribution in [3.05, 3.63) is 66.2 Å². The van der Waals surface area contributed by atoms with Crippen LogP contribution in [-0.4, -0.2) is 20.1 Å². The molecule has 0 spiro atoms. The fraction of sp³-hybridized carbons (Fsp3) is 0.368. The van der Waals surface area contributed by atoms with E-state index in [1.807, 2.05) is 0 Å². The molecule has 2 aromatic carbocycles. The van der Waals surface area contributed by atoms with Crippen molar-refractivity contribution in [3.8, 4) is 0 Å². The topological polar surface area (TPSA) is 12.0 Å². The minimum atomic E-state index is -1.96. The molecule has 1 N–H and O–H groups in total. The number of hydrogen-bond donors (Lipinski definition) is 1. The third-order valence-corrected chi connectivity index (χ3v) is 16.0. The van der Waals surface area contributed by atoms with Crippen molar-refractivity contribution < 1.29 is 0 Å². The van der Waals surface area contributed by atoms with Crippen LogP contribution in [-0.2, 0) is 6.54 Å². The molecule has 0 aliphatic carbocycles. The summed E-state index contributed by atoms with van der Waals surface area (Å²) < 4.78 is 1.41. The number of nitrogens with one attached hydrogen (secondary N) is 1. The zero-order valence-electron chi connectivity index (χ0n) is 13.8. The van der Waals surface area contributed by atoms with Crippen LogP contribution in [0.3, 0.4) is 0 Å². The van der Waals surface area contributed by atoms with Crippen LogP contribution in [0.25, 0.3) is 0 Å². The fourth-order valence-electron chi connectivity index (χ4n) is 2.57. The Morgan fingerprint density at radius 3 is 2.12 bits per heavy atom. The molecule has 2 aromatic rings. The summed E-state index contributed by atoms with van der Waals surface area (Å²) >= 11 is 11.9. The van der Waals surface area contributed by atoms with Gasteiger partial charge in [0, 0.05) is 0 Å². The molecule has 0 saturated carbocycles. The van der Waals surface area contributed by atoms with Crippen LogP contribution in [0.15, 0.2) is 60.7 Å². The Labute approximate surface area is 170 Å². The quantitative estimate of drug-likeness (QED) is 0.288. The molecule has 1 nitrogen and oxygen atoms in total. The molecule has 0 aromatic heterocycles. The monoisotopic (exact) mass is 583 g/mol. The van der Waals surface area contributed by atoms with Crippen molar-refractivity contribution in [2.75, 3.05) is 0 Å². The Balaban J connectivity index is 1.86. The average Bonchev–Trinajstić information content (AvgIpc) is 2.60. The molecule has 2 rings (SSSR count). The molecule has 0 aliphatic heterocycles. The van der Waals surface area contributed by atoms with E-state index in [2.05, 4.69) is 117 Å². The van der Waals surface area contributed by atoms with Gasteiger partial charge in [-0.05, 0) is 0 Å². The van der Waals surface area contributed by atoms with E-state index in [1.165, 1.54) is 10.0 Å². The number of rotatable bonds is 9. The first-order chi connectivity index (χ1) is 11.5. The van der Waals surface area contributed by atoms with Gasteiger partial charge in [-0.3, -0.25) is 0 Å². The van der Waals surface area contributed by atoms with Crippen LogP contribution >= 0.6 is 44.2 Å². The van der Waals surface area contributed by atoms with E-state index < -0.39 is 9.23 Å².